The fourth-order valence-corrected chi connectivity index (χ4v) is 1.18. The number of rotatable bonds is 5. The molecule has 1 aromatic carbocycles. The first kappa shape index (κ1) is 11.3. The van der Waals surface area contributed by atoms with Gasteiger partial charge in [0.15, 0.2) is 0 Å². The Labute approximate surface area is 90.0 Å². The van der Waals surface area contributed by atoms with E-state index in [1.54, 1.807) is 24.1 Å². The van der Waals surface area contributed by atoms with Gasteiger partial charge in [-0.2, -0.15) is 0 Å². The Balaban J connectivity index is 2.50. The summed E-state index contributed by atoms with van der Waals surface area (Å²) in [5, 5.41) is 0. The Hall–Kier alpha value is -1.77. The zero-order valence-electron chi connectivity index (χ0n) is 8.85. The van der Waals surface area contributed by atoms with Gasteiger partial charge in [-0.15, -0.1) is 0 Å². The van der Waals surface area contributed by atoms with Crippen LogP contribution in [0.4, 0.5) is 0 Å². The number of amides is 1. The van der Waals surface area contributed by atoms with Crippen LogP contribution in [0.15, 0.2) is 43.2 Å². The summed E-state index contributed by atoms with van der Waals surface area (Å²) in [4.78, 5) is 13.4. The Bertz CT molecular complexity index is 322. The Morgan fingerprint density at radius 1 is 1.47 bits per heavy atom. The smallest absolute Gasteiger partial charge is 0.253 e. The molecule has 0 radical (unpaired) electrons. The van der Waals surface area contributed by atoms with Crippen LogP contribution in [0.2, 0.25) is 0 Å². The van der Waals surface area contributed by atoms with E-state index in [1.165, 1.54) is 6.26 Å². The lowest BCUT2D eigenvalue weighted by molar-refractivity contribution is 0.0761. The van der Waals surface area contributed by atoms with Crippen molar-refractivity contribution in [2.45, 2.75) is 0 Å². The van der Waals surface area contributed by atoms with Crippen molar-refractivity contribution in [2.75, 3.05) is 20.2 Å². The van der Waals surface area contributed by atoms with Gasteiger partial charge in [0.05, 0.1) is 12.8 Å². The second-order valence-electron chi connectivity index (χ2n) is 3.13. The molecule has 0 spiro atoms. The molecule has 15 heavy (non-hydrogen) atoms. The van der Waals surface area contributed by atoms with Gasteiger partial charge in [-0.3, -0.25) is 4.79 Å². The lowest BCUT2D eigenvalue weighted by Gasteiger charge is -2.16. The molecule has 0 aliphatic carbocycles. The van der Waals surface area contributed by atoms with Crippen LogP contribution >= 0.6 is 0 Å². The van der Waals surface area contributed by atoms with E-state index in [0.717, 1.165) is 0 Å². The first-order valence-electron chi connectivity index (χ1n) is 4.78. The molecule has 1 rings (SSSR count). The maximum Gasteiger partial charge on any atom is 0.253 e. The summed E-state index contributed by atoms with van der Waals surface area (Å²) in [6.45, 7) is 4.46. The van der Waals surface area contributed by atoms with Gasteiger partial charge >= 0.3 is 0 Å². The average molecular weight is 205 g/mol. The van der Waals surface area contributed by atoms with E-state index in [1.807, 2.05) is 18.2 Å². The van der Waals surface area contributed by atoms with E-state index in [-0.39, 0.29) is 5.91 Å². The molecule has 0 fully saturated rings. The summed E-state index contributed by atoms with van der Waals surface area (Å²) >= 11 is 0. The highest BCUT2D eigenvalue weighted by atomic mass is 16.5. The lowest BCUT2D eigenvalue weighted by atomic mass is 10.2. The minimum Gasteiger partial charge on any atom is -0.500 e. The molecule has 3 nitrogen and oxygen atoms in total. The van der Waals surface area contributed by atoms with Crippen molar-refractivity contribution >= 4 is 5.91 Å². The third kappa shape index (κ3) is 3.46. The Morgan fingerprint density at radius 2 is 2.13 bits per heavy atom. The Kier molecular flexibility index (Phi) is 4.41. The molecule has 0 saturated heterocycles. The fourth-order valence-electron chi connectivity index (χ4n) is 1.18. The molecule has 0 heterocycles. The number of carbonyl (C=O) groups is 1. The van der Waals surface area contributed by atoms with E-state index in [0.29, 0.717) is 18.7 Å². The van der Waals surface area contributed by atoms with Crippen molar-refractivity contribution in [2.24, 2.45) is 0 Å². The molecule has 3 heteroatoms. The molecular formula is C12H15NO2. The largest absolute Gasteiger partial charge is 0.500 e. The van der Waals surface area contributed by atoms with Crippen LogP contribution in [0.1, 0.15) is 10.4 Å². The highest BCUT2D eigenvalue weighted by Crippen LogP contribution is 2.02. The van der Waals surface area contributed by atoms with E-state index >= 15 is 0 Å². The van der Waals surface area contributed by atoms with Gasteiger partial charge in [0.2, 0.25) is 0 Å². The molecule has 0 aliphatic rings. The van der Waals surface area contributed by atoms with Crippen LogP contribution in [0.5, 0.6) is 0 Å². The number of hydrogen-bond acceptors (Lipinski definition) is 2. The Morgan fingerprint density at radius 3 is 2.73 bits per heavy atom. The summed E-state index contributed by atoms with van der Waals surface area (Å²) in [6, 6.07) is 9.18. The molecular weight excluding hydrogens is 190 g/mol. The number of ether oxygens (including phenoxy) is 1. The molecule has 0 aromatic heterocycles. The molecule has 1 aromatic rings. The van der Waals surface area contributed by atoms with Crippen LogP contribution in [0, 0.1) is 0 Å². The summed E-state index contributed by atoms with van der Waals surface area (Å²) in [6.07, 6.45) is 1.38. The molecule has 0 bridgehead atoms. The van der Waals surface area contributed by atoms with Crippen LogP contribution in [0.3, 0.4) is 0 Å². The van der Waals surface area contributed by atoms with E-state index in [2.05, 4.69) is 6.58 Å². The zero-order chi connectivity index (χ0) is 11.1. The average Bonchev–Trinajstić information content (AvgIpc) is 2.29. The summed E-state index contributed by atoms with van der Waals surface area (Å²) in [5.74, 6) is 0.00302. The van der Waals surface area contributed by atoms with E-state index in [9.17, 15) is 4.79 Å². The van der Waals surface area contributed by atoms with Crippen molar-refractivity contribution in [3.63, 3.8) is 0 Å². The maximum absolute atomic E-state index is 11.8. The van der Waals surface area contributed by atoms with Crippen molar-refractivity contribution in [3.05, 3.63) is 48.7 Å². The summed E-state index contributed by atoms with van der Waals surface area (Å²) in [5.41, 5.74) is 0.693. The van der Waals surface area contributed by atoms with E-state index in [4.69, 9.17) is 4.74 Å². The number of hydrogen-bond donors (Lipinski definition) is 0. The minimum absolute atomic E-state index is 0.00302. The highest BCUT2D eigenvalue weighted by Gasteiger charge is 2.09. The third-order valence-corrected chi connectivity index (χ3v) is 2.03. The summed E-state index contributed by atoms with van der Waals surface area (Å²) in [7, 11) is 1.75. The van der Waals surface area contributed by atoms with Gasteiger partial charge in [-0.05, 0) is 12.1 Å². The van der Waals surface area contributed by atoms with Crippen LogP contribution in [-0.2, 0) is 4.74 Å². The van der Waals surface area contributed by atoms with Gasteiger partial charge in [-0.25, -0.2) is 0 Å². The van der Waals surface area contributed by atoms with E-state index < -0.39 is 0 Å². The number of likely N-dealkylation sites (N-methyl/N-ethyl adjacent to an activating group) is 1. The third-order valence-electron chi connectivity index (χ3n) is 2.03. The van der Waals surface area contributed by atoms with Gasteiger partial charge < -0.3 is 9.64 Å². The number of nitrogens with zero attached hydrogens (tertiary/aromatic N) is 1. The molecule has 0 aliphatic heterocycles. The lowest BCUT2D eigenvalue weighted by Crippen LogP contribution is -2.29. The predicted molar refractivity (Wildman–Crippen MR) is 59.6 cm³/mol. The molecule has 0 N–H and O–H groups in total. The van der Waals surface area contributed by atoms with Crippen LogP contribution in [0.25, 0.3) is 0 Å². The summed E-state index contributed by atoms with van der Waals surface area (Å²) < 4.78 is 4.96. The van der Waals surface area contributed by atoms with Crippen molar-refractivity contribution in [1.29, 1.82) is 0 Å². The fraction of sp³-hybridized carbons (Fsp3) is 0.250. The van der Waals surface area contributed by atoms with Crippen molar-refractivity contribution in [3.8, 4) is 0 Å². The second kappa shape index (κ2) is 5.86. The monoisotopic (exact) mass is 205 g/mol. The minimum atomic E-state index is 0.00302. The van der Waals surface area contributed by atoms with Gasteiger partial charge in [0.25, 0.3) is 5.91 Å². The zero-order valence-corrected chi connectivity index (χ0v) is 8.85. The first-order valence-corrected chi connectivity index (χ1v) is 4.78. The molecule has 0 unspecified atom stereocenters. The molecule has 80 valence electrons. The highest BCUT2D eigenvalue weighted by molar-refractivity contribution is 5.93. The van der Waals surface area contributed by atoms with Gasteiger partial charge in [0.1, 0.15) is 6.61 Å². The topological polar surface area (TPSA) is 29.5 Å². The molecule has 1 amide bonds. The number of benzene rings is 1. The SMILES string of the molecule is C=COCCN(C)C(=O)c1ccccc1. The van der Waals surface area contributed by atoms with Crippen LogP contribution in [-0.4, -0.2) is 31.0 Å². The maximum atomic E-state index is 11.8. The predicted octanol–water partition coefficient (Wildman–Crippen LogP) is 1.92. The molecule has 0 saturated carbocycles. The first-order chi connectivity index (χ1) is 7.25. The molecule has 0 atom stereocenters. The number of carbonyl (C=O) groups excluding carboxylic acids is 1. The van der Waals surface area contributed by atoms with Crippen molar-refractivity contribution < 1.29 is 9.53 Å². The normalized spacial score (nSPS) is 9.40. The standard InChI is InChI=1S/C12H15NO2/c1-3-15-10-9-13(2)12(14)11-7-5-4-6-8-11/h3-8H,1,9-10H2,2H3. The van der Waals surface area contributed by atoms with Crippen molar-refractivity contribution in [1.82, 2.24) is 4.90 Å². The quantitative estimate of drug-likeness (QED) is 0.543. The van der Waals surface area contributed by atoms with Gasteiger partial charge in [0, 0.05) is 12.6 Å². The second-order valence-corrected chi connectivity index (χ2v) is 3.13. The van der Waals surface area contributed by atoms with Crippen LogP contribution < -0.4 is 0 Å². The van der Waals surface area contributed by atoms with Gasteiger partial charge in [-0.1, -0.05) is 24.8 Å².